The second kappa shape index (κ2) is 10.6. The zero-order valence-corrected chi connectivity index (χ0v) is 19.9. The number of likely N-dealkylation sites (N-methyl/N-ethyl adjacent to an activating group) is 1. The first kappa shape index (κ1) is 23.7. The molecule has 2 aliphatic heterocycles. The Morgan fingerprint density at radius 2 is 1.74 bits per heavy atom. The van der Waals surface area contributed by atoms with Crippen LogP contribution in [-0.2, 0) is 14.4 Å². The van der Waals surface area contributed by atoms with Gasteiger partial charge in [0.1, 0.15) is 0 Å². The second-order valence-corrected chi connectivity index (χ2v) is 8.95. The lowest BCUT2D eigenvalue weighted by Crippen LogP contribution is -2.48. The van der Waals surface area contributed by atoms with E-state index in [9.17, 15) is 14.4 Å². The molecule has 2 aromatic carbocycles. The van der Waals surface area contributed by atoms with Crippen molar-refractivity contribution in [3.05, 3.63) is 65.7 Å². The first-order chi connectivity index (χ1) is 16.5. The summed E-state index contributed by atoms with van der Waals surface area (Å²) in [4.78, 5) is 47.5. The number of hydrogen-bond donors (Lipinski definition) is 1. The predicted octanol–water partition coefficient (Wildman–Crippen LogP) is 3.37. The van der Waals surface area contributed by atoms with Crippen LogP contribution in [0.4, 0.5) is 5.69 Å². The van der Waals surface area contributed by atoms with Crippen LogP contribution in [-0.4, -0.2) is 54.6 Å². The standard InChI is InChI=1S/C27H32N4O3/c1-3-11-20(18-23(32)31-16-9-10-17-31)26(33)29-25-27(34)30(2)22-15-8-7-14-21(22)24(28-25)19-12-5-4-6-13-19/h4-8,12-15,20,25H,3,9-11,16-18H2,1-2H3,(H,29,33)/t20-,25-/m1/s1. The molecule has 0 aromatic heterocycles. The number of likely N-dealkylation sites (tertiary alicyclic amines) is 1. The van der Waals surface area contributed by atoms with Crippen LogP contribution in [0.3, 0.4) is 0 Å². The van der Waals surface area contributed by atoms with Gasteiger partial charge in [0.05, 0.1) is 11.4 Å². The summed E-state index contributed by atoms with van der Waals surface area (Å²) in [6, 6.07) is 17.3. The zero-order valence-electron chi connectivity index (χ0n) is 19.9. The average Bonchev–Trinajstić information content (AvgIpc) is 3.38. The normalized spacial score (nSPS) is 18.7. The average molecular weight is 461 g/mol. The molecule has 2 aliphatic rings. The third-order valence-electron chi connectivity index (χ3n) is 6.56. The number of carbonyl (C=O) groups excluding carboxylic acids is 3. The van der Waals surface area contributed by atoms with Gasteiger partial charge in [0, 0.05) is 43.6 Å². The predicted molar refractivity (Wildman–Crippen MR) is 133 cm³/mol. The number of nitrogens with one attached hydrogen (secondary N) is 1. The molecule has 1 fully saturated rings. The monoisotopic (exact) mass is 460 g/mol. The lowest BCUT2D eigenvalue weighted by Gasteiger charge is -2.24. The van der Waals surface area contributed by atoms with Crippen molar-refractivity contribution >= 4 is 29.1 Å². The Hall–Kier alpha value is -3.48. The maximum absolute atomic E-state index is 13.4. The summed E-state index contributed by atoms with van der Waals surface area (Å²) in [5, 5.41) is 2.87. The van der Waals surface area contributed by atoms with Crippen molar-refractivity contribution in [2.75, 3.05) is 25.0 Å². The van der Waals surface area contributed by atoms with Gasteiger partial charge >= 0.3 is 0 Å². The highest BCUT2D eigenvalue weighted by atomic mass is 16.2. The van der Waals surface area contributed by atoms with Gasteiger partial charge in [-0.1, -0.05) is 61.9 Å². The molecule has 0 radical (unpaired) electrons. The molecule has 1 saturated heterocycles. The number of rotatable bonds is 7. The minimum atomic E-state index is -1.07. The van der Waals surface area contributed by atoms with Gasteiger partial charge in [0.15, 0.2) is 0 Å². The van der Waals surface area contributed by atoms with Crippen LogP contribution in [0.25, 0.3) is 0 Å². The summed E-state index contributed by atoms with van der Waals surface area (Å²) in [5.74, 6) is -1.09. The van der Waals surface area contributed by atoms with Crippen molar-refractivity contribution in [3.8, 4) is 0 Å². The van der Waals surface area contributed by atoms with E-state index in [1.165, 1.54) is 0 Å². The summed E-state index contributed by atoms with van der Waals surface area (Å²) >= 11 is 0. The van der Waals surface area contributed by atoms with E-state index in [-0.39, 0.29) is 24.1 Å². The Morgan fingerprint density at radius 1 is 1.06 bits per heavy atom. The fourth-order valence-corrected chi connectivity index (χ4v) is 4.68. The van der Waals surface area contributed by atoms with E-state index < -0.39 is 12.1 Å². The van der Waals surface area contributed by atoms with Gasteiger partial charge in [0.2, 0.25) is 18.0 Å². The molecule has 0 spiro atoms. The number of benzene rings is 2. The van der Waals surface area contributed by atoms with E-state index in [0.717, 1.165) is 49.2 Å². The van der Waals surface area contributed by atoms with Crippen LogP contribution in [0.2, 0.25) is 0 Å². The first-order valence-corrected chi connectivity index (χ1v) is 12.1. The summed E-state index contributed by atoms with van der Waals surface area (Å²) in [6.45, 7) is 3.51. The van der Waals surface area contributed by atoms with Crippen LogP contribution >= 0.6 is 0 Å². The fraction of sp³-hybridized carbons (Fsp3) is 0.407. The minimum absolute atomic E-state index is 0.0105. The van der Waals surface area contributed by atoms with Crippen molar-refractivity contribution in [1.29, 1.82) is 0 Å². The summed E-state index contributed by atoms with van der Waals surface area (Å²) < 4.78 is 0. The number of benzodiazepines with no additional fused rings is 1. The van der Waals surface area contributed by atoms with Crippen molar-refractivity contribution < 1.29 is 14.4 Å². The number of anilines is 1. The van der Waals surface area contributed by atoms with Crippen LogP contribution in [0.5, 0.6) is 0 Å². The van der Waals surface area contributed by atoms with E-state index in [4.69, 9.17) is 4.99 Å². The number of hydrogen-bond acceptors (Lipinski definition) is 4. The van der Waals surface area contributed by atoms with Crippen LogP contribution in [0.1, 0.15) is 50.2 Å². The van der Waals surface area contributed by atoms with E-state index in [2.05, 4.69) is 5.32 Å². The van der Waals surface area contributed by atoms with Gasteiger partial charge in [-0.05, 0) is 25.3 Å². The molecule has 3 amide bonds. The maximum atomic E-state index is 13.4. The quantitative estimate of drug-likeness (QED) is 0.688. The van der Waals surface area contributed by atoms with E-state index >= 15 is 0 Å². The molecule has 7 heteroatoms. The fourth-order valence-electron chi connectivity index (χ4n) is 4.68. The molecule has 0 unspecified atom stereocenters. The van der Waals surface area contributed by atoms with Gasteiger partial charge in [-0.3, -0.25) is 14.4 Å². The van der Waals surface area contributed by atoms with Crippen molar-refractivity contribution in [2.45, 2.75) is 45.2 Å². The zero-order chi connectivity index (χ0) is 24.1. The molecule has 0 aliphatic carbocycles. The molecule has 0 saturated carbocycles. The van der Waals surface area contributed by atoms with Crippen LogP contribution in [0, 0.1) is 5.92 Å². The largest absolute Gasteiger partial charge is 0.343 e. The molecule has 7 nitrogen and oxygen atoms in total. The molecule has 2 atom stereocenters. The smallest absolute Gasteiger partial charge is 0.272 e. The lowest BCUT2D eigenvalue weighted by atomic mass is 9.97. The molecule has 34 heavy (non-hydrogen) atoms. The maximum Gasteiger partial charge on any atom is 0.272 e. The first-order valence-electron chi connectivity index (χ1n) is 12.1. The Bertz CT molecular complexity index is 1080. The van der Waals surface area contributed by atoms with Crippen LogP contribution in [0.15, 0.2) is 59.6 Å². The van der Waals surface area contributed by atoms with Crippen LogP contribution < -0.4 is 10.2 Å². The number of para-hydroxylation sites is 1. The molecule has 2 heterocycles. The van der Waals surface area contributed by atoms with Crippen molar-refractivity contribution in [2.24, 2.45) is 10.9 Å². The Kier molecular flexibility index (Phi) is 7.40. The molecule has 1 N–H and O–H groups in total. The van der Waals surface area contributed by atoms with Gasteiger partial charge < -0.3 is 15.1 Å². The molecule has 0 bridgehead atoms. The Morgan fingerprint density at radius 3 is 2.44 bits per heavy atom. The highest BCUT2D eigenvalue weighted by Gasteiger charge is 2.33. The summed E-state index contributed by atoms with van der Waals surface area (Å²) in [5.41, 5.74) is 3.09. The van der Waals surface area contributed by atoms with E-state index in [1.54, 1.807) is 11.9 Å². The van der Waals surface area contributed by atoms with Gasteiger partial charge in [-0.2, -0.15) is 0 Å². The third kappa shape index (κ3) is 5.03. The number of amides is 3. The highest BCUT2D eigenvalue weighted by Crippen LogP contribution is 2.27. The Labute approximate surface area is 200 Å². The lowest BCUT2D eigenvalue weighted by molar-refractivity contribution is -0.136. The summed E-state index contributed by atoms with van der Waals surface area (Å²) in [6.07, 6.45) is 2.46. The number of carbonyl (C=O) groups is 3. The highest BCUT2D eigenvalue weighted by molar-refractivity contribution is 6.20. The van der Waals surface area contributed by atoms with E-state index in [1.807, 2.05) is 66.4 Å². The molecule has 2 aromatic rings. The van der Waals surface area contributed by atoms with Gasteiger partial charge in [0.25, 0.3) is 5.91 Å². The number of fused-ring (bicyclic) bond motifs is 1. The molecule has 4 rings (SSSR count). The summed E-state index contributed by atoms with van der Waals surface area (Å²) in [7, 11) is 1.70. The molecular weight excluding hydrogens is 428 g/mol. The Balaban J connectivity index is 1.62. The third-order valence-corrected chi connectivity index (χ3v) is 6.56. The van der Waals surface area contributed by atoms with Crippen molar-refractivity contribution in [1.82, 2.24) is 10.2 Å². The minimum Gasteiger partial charge on any atom is -0.343 e. The SMILES string of the molecule is CCC[C@H](CC(=O)N1CCCC1)C(=O)N[C@H]1N=C(c2ccccc2)c2ccccc2N(C)C1=O. The van der Waals surface area contributed by atoms with Gasteiger partial charge in [-0.25, -0.2) is 4.99 Å². The second-order valence-electron chi connectivity index (χ2n) is 8.95. The van der Waals surface area contributed by atoms with Gasteiger partial charge in [-0.15, -0.1) is 0 Å². The molecular formula is C27H32N4O3. The number of nitrogens with zero attached hydrogens (tertiary/aromatic N) is 3. The van der Waals surface area contributed by atoms with E-state index in [0.29, 0.717) is 12.1 Å². The molecule has 178 valence electrons. The topological polar surface area (TPSA) is 82.1 Å². The number of aliphatic imine (C=N–C) groups is 1. The van der Waals surface area contributed by atoms with Crippen molar-refractivity contribution in [3.63, 3.8) is 0 Å².